The molecule has 6 nitrogen and oxygen atoms in total. The maximum absolute atomic E-state index is 12.7. The number of nitrogens with zero attached hydrogens (tertiary/aromatic N) is 3. The molecule has 0 bridgehead atoms. The van der Waals surface area contributed by atoms with Gasteiger partial charge < -0.3 is 19.4 Å². The SMILES string of the molecule is CC(=O)N(C)C[C@@H]1Oc2c(cccc2N(C)C)C(=O)N(C)C[C@@H]1C. The van der Waals surface area contributed by atoms with Crippen LogP contribution in [-0.2, 0) is 4.79 Å². The van der Waals surface area contributed by atoms with Crippen LogP contribution in [0, 0.1) is 5.92 Å². The Morgan fingerprint density at radius 1 is 1.33 bits per heavy atom. The highest BCUT2D eigenvalue weighted by Gasteiger charge is 2.31. The summed E-state index contributed by atoms with van der Waals surface area (Å²) in [5.74, 6) is 0.648. The fourth-order valence-electron chi connectivity index (χ4n) is 2.89. The van der Waals surface area contributed by atoms with E-state index in [2.05, 4.69) is 0 Å². The number of hydrogen-bond donors (Lipinski definition) is 0. The van der Waals surface area contributed by atoms with Crippen molar-refractivity contribution in [3.05, 3.63) is 23.8 Å². The average molecular weight is 333 g/mol. The number of para-hydroxylation sites is 1. The van der Waals surface area contributed by atoms with Crippen molar-refractivity contribution in [2.24, 2.45) is 5.92 Å². The number of likely N-dealkylation sites (N-methyl/N-ethyl adjacent to an activating group) is 1. The molecule has 1 aliphatic heterocycles. The van der Waals surface area contributed by atoms with Gasteiger partial charge in [0, 0.05) is 47.6 Å². The lowest BCUT2D eigenvalue weighted by Crippen LogP contribution is -2.46. The highest BCUT2D eigenvalue weighted by Crippen LogP contribution is 2.35. The first-order chi connectivity index (χ1) is 11.2. The third kappa shape index (κ3) is 3.63. The van der Waals surface area contributed by atoms with Gasteiger partial charge in [-0.05, 0) is 12.1 Å². The van der Waals surface area contributed by atoms with E-state index in [0.717, 1.165) is 5.69 Å². The van der Waals surface area contributed by atoms with Crippen LogP contribution >= 0.6 is 0 Å². The molecule has 1 heterocycles. The molecule has 132 valence electrons. The van der Waals surface area contributed by atoms with E-state index in [0.29, 0.717) is 24.4 Å². The molecule has 1 aromatic rings. The number of fused-ring (bicyclic) bond motifs is 1. The number of anilines is 1. The highest BCUT2D eigenvalue weighted by atomic mass is 16.5. The average Bonchev–Trinajstić information content (AvgIpc) is 2.52. The Labute approximate surface area is 144 Å². The summed E-state index contributed by atoms with van der Waals surface area (Å²) < 4.78 is 6.30. The topological polar surface area (TPSA) is 53.1 Å². The molecule has 0 saturated heterocycles. The second-order valence-corrected chi connectivity index (χ2v) is 6.77. The van der Waals surface area contributed by atoms with Gasteiger partial charge in [0.1, 0.15) is 6.10 Å². The molecule has 0 N–H and O–H groups in total. The number of carbonyl (C=O) groups is 2. The minimum absolute atomic E-state index is 0.00147. The minimum Gasteiger partial charge on any atom is -0.485 e. The summed E-state index contributed by atoms with van der Waals surface area (Å²) in [5.41, 5.74) is 1.42. The van der Waals surface area contributed by atoms with E-state index in [-0.39, 0.29) is 23.8 Å². The summed E-state index contributed by atoms with van der Waals surface area (Å²) in [6.07, 6.45) is -0.186. The number of ether oxygens (including phenoxy) is 1. The largest absolute Gasteiger partial charge is 0.485 e. The van der Waals surface area contributed by atoms with Gasteiger partial charge in [-0.2, -0.15) is 0 Å². The lowest BCUT2D eigenvalue weighted by Gasteiger charge is -2.35. The third-order valence-electron chi connectivity index (χ3n) is 4.51. The molecule has 2 rings (SSSR count). The second kappa shape index (κ2) is 7.11. The van der Waals surface area contributed by atoms with Crippen molar-refractivity contribution in [1.29, 1.82) is 0 Å². The fraction of sp³-hybridized carbons (Fsp3) is 0.556. The molecule has 0 aromatic heterocycles. The molecule has 0 spiro atoms. The predicted octanol–water partition coefficient (Wildman–Crippen LogP) is 1.70. The van der Waals surface area contributed by atoms with E-state index in [4.69, 9.17) is 4.74 Å². The number of carbonyl (C=O) groups excluding carboxylic acids is 2. The quantitative estimate of drug-likeness (QED) is 0.845. The number of benzene rings is 1. The smallest absolute Gasteiger partial charge is 0.257 e. The standard InChI is InChI=1S/C18H27N3O3/c1-12-10-21(6)18(23)14-8-7-9-15(19(3)4)17(14)24-16(12)11-20(5)13(2)22/h7-9,12,16H,10-11H2,1-6H3/t12-,16-/m0/s1. The molecular formula is C18H27N3O3. The molecule has 6 heteroatoms. The van der Waals surface area contributed by atoms with Crippen LogP contribution in [0.4, 0.5) is 5.69 Å². The van der Waals surface area contributed by atoms with Crippen LogP contribution in [0.2, 0.25) is 0 Å². The van der Waals surface area contributed by atoms with Gasteiger partial charge in [0.05, 0.1) is 17.8 Å². The Morgan fingerprint density at radius 3 is 2.58 bits per heavy atom. The Kier molecular flexibility index (Phi) is 5.36. The molecular weight excluding hydrogens is 306 g/mol. The molecule has 0 saturated carbocycles. The van der Waals surface area contributed by atoms with Gasteiger partial charge in [-0.15, -0.1) is 0 Å². The van der Waals surface area contributed by atoms with E-state index < -0.39 is 0 Å². The monoisotopic (exact) mass is 333 g/mol. The number of amides is 2. The van der Waals surface area contributed by atoms with Crippen LogP contribution in [0.15, 0.2) is 18.2 Å². The van der Waals surface area contributed by atoms with Crippen LogP contribution in [-0.4, -0.2) is 69.0 Å². The summed E-state index contributed by atoms with van der Waals surface area (Å²) in [6, 6.07) is 5.60. The number of rotatable bonds is 3. The number of hydrogen-bond acceptors (Lipinski definition) is 4. The van der Waals surface area contributed by atoms with Crippen molar-refractivity contribution in [1.82, 2.24) is 9.80 Å². The first-order valence-electron chi connectivity index (χ1n) is 8.16. The lowest BCUT2D eigenvalue weighted by molar-refractivity contribution is -0.129. The van der Waals surface area contributed by atoms with Gasteiger partial charge in [0.25, 0.3) is 5.91 Å². The van der Waals surface area contributed by atoms with E-state index in [1.807, 2.05) is 45.1 Å². The van der Waals surface area contributed by atoms with Crippen molar-refractivity contribution in [2.75, 3.05) is 46.2 Å². The van der Waals surface area contributed by atoms with E-state index in [1.165, 1.54) is 0 Å². The van der Waals surface area contributed by atoms with Crippen LogP contribution in [0.5, 0.6) is 5.75 Å². The van der Waals surface area contributed by atoms with Crippen LogP contribution < -0.4 is 9.64 Å². The summed E-state index contributed by atoms with van der Waals surface area (Å²) in [6.45, 7) is 4.66. The molecule has 0 radical (unpaired) electrons. The Morgan fingerprint density at radius 2 is 2.00 bits per heavy atom. The zero-order valence-corrected chi connectivity index (χ0v) is 15.4. The second-order valence-electron chi connectivity index (χ2n) is 6.77. The van der Waals surface area contributed by atoms with E-state index >= 15 is 0 Å². The Balaban J connectivity index is 2.47. The minimum atomic E-state index is -0.186. The van der Waals surface area contributed by atoms with Crippen molar-refractivity contribution >= 4 is 17.5 Å². The maximum Gasteiger partial charge on any atom is 0.257 e. The van der Waals surface area contributed by atoms with Crippen LogP contribution in [0.1, 0.15) is 24.2 Å². The summed E-state index contributed by atoms with van der Waals surface area (Å²) in [7, 11) is 7.42. The molecule has 1 aromatic carbocycles. The summed E-state index contributed by atoms with van der Waals surface area (Å²) >= 11 is 0. The first-order valence-corrected chi connectivity index (χ1v) is 8.16. The van der Waals surface area contributed by atoms with Crippen LogP contribution in [0.25, 0.3) is 0 Å². The summed E-state index contributed by atoms with van der Waals surface area (Å²) in [4.78, 5) is 29.6. The van der Waals surface area contributed by atoms with Gasteiger partial charge in [0.2, 0.25) is 5.91 Å². The molecule has 1 aliphatic rings. The molecule has 2 amide bonds. The van der Waals surface area contributed by atoms with Crippen molar-refractivity contribution in [2.45, 2.75) is 20.0 Å². The predicted molar refractivity (Wildman–Crippen MR) is 94.6 cm³/mol. The molecule has 0 unspecified atom stereocenters. The molecule has 2 atom stereocenters. The van der Waals surface area contributed by atoms with Gasteiger partial charge >= 0.3 is 0 Å². The molecule has 24 heavy (non-hydrogen) atoms. The zero-order valence-electron chi connectivity index (χ0n) is 15.4. The maximum atomic E-state index is 12.7. The first kappa shape index (κ1) is 18.1. The van der Waals surface area contributed by atoms with Gasteiger partial charge in [-0.25, -0.2) is 0 Å². The molecule has 0 fully saturated rings. The van der Waals surface area contributed by atoms with Crippen molar-refractivity contribution in [3.8, 4) is 5.75 Å². The van der Waals surface area contributed by atoms with Gasteiger partial charge in [0.15, 0.2) is 5.75 Å². The van der Waals surface area contributed by atoms with E-state index in [1.54, 1.807) is 29.8 Å². The van der Waals surface area contributed by atoms with Crippen LogP contribution in [0.3, 0.4) is 0 Å². The highest BCUT2D eigenvalue weighted by molar-refractivity contribution is 5.99. The Hall–Kier alpha value is -2.24. The van der Waals surface area contributed by atoms with Gasteiger partial charge in [-0.1, -0.05) is 13.0 Å². The third-order valence-corrected chi connectivity index (χ3v) is 4.51. The van der Waals surface area contributed by atoms with E-state index in [9.17, 15) is 9.59 Å². The molecule has 0 aliphatic carbocycles. The van der Waals surface area contributed by atoms with Crippen molar-refractivity contribution in [3.63, 3.8) is 0 Å². The van der Waals surface area contributed by atoms with Crippen molar-refractivity contribution < 1.29 is 14.3 Å². The zero-order chi connectivity index (χ0) is 18.0. The lowest BCUT2D eigenvalue weighted by atomic mass is 10.0. The fourth-order valence-corrected chi connectivity index (χ4v) is 2.89. The Bertz CT molecular complexity index is 630. The van der Waals surface area contributed by atoms with Gasteiger partial charge in [-0.3, -0.25) is 9.59 Å². The summed E-state index contributed by atoms with van der Waals surface area (Å²) in [5, 5.41) is 0. The normalized spacial score (nSPS) is 20.6.